The number of nitrogens with two attached hydrogens (primary N) is 1. The van der Waals surface area contributed by atoms with Crippen LogP contribution in [0.2, 0.25) is 10.0 Å². The molecule has 0 atom stereocenters. The van der Waals surface area contributed by atoms with E-state index in [9.17, 15) is 0 Å². The molecule has 0 saturated carbocycles. The number of rotatable bonds is 2. The van der Waals surface area contributed by atoms with Crippen molar-refractivity contribution in [1.82, 2.24) is 0 Å². The van der Waals surface area contributed by atoms with Gasteiger partial charge in [-0.1, -0.05) is 43.1 Å². The molecule has 76 valence electrons. The van der Waals surface area contributed by atoms with Crippen molar-refractivity contribution in [2.45, 2.75) is 13.8 Å². The van der Waals surface area contributed by atoms with Crippen molar-refractivity contribution in [3.63, 3.8) is 0 Å². The van der Waals surface area contributed by atoms with Gasteiger partial charge in [0, 0.05) is 5.92 Å². The van der Waals surface area contributed by atoms with E-state index in [0.29, 0.717) is 21.6 Å². The zero-order chi connectivity index (χ0) is 10.7. The first-order chi connectivity index (χ1) is 6.52. The minimum Gasteiger partial charge on any atom is -0.387 e. The smallest absolute Gasteiger partial charge is 0.102 e. The Morgan fingerprint density at radius 1 is 1.36 bits per heavy atom. The Morgan fingerprint density at radius 3 is 2.57 bits per heavy atom. The van der Waals surface area contributed by atoms with Crippen LogP contribution >= 0.6 is 23.2 Å². The third-order valence-electron chi connectivity index (χ3n) is 1.77. The molecule has 4 heteroatoms. The van der Waals surface area contributed by atoms with Gasteiger partial charge in [-0.2, -0.15) is 0 Å². The van der Waals surface area contributed by atoms with Gasteiger partial charge in [0.1, 0.15) is 5.84 Å². The minimum absolute atomic E-state index is 0.199. The van der Waals surface area contributed by atoms with Crippen LogP contribution in [0, 0.1) is 5.92 Å². The summed E-state index contributed by atoms with van der Waals surface area (Å²) in [7, 11) is 0. The van der Waals surface area contributed by atoms with Gasteiger partial charge in [-0.15, -0.1) is 0 Å². The maximum atomic E-state index is 5.95. The molecule has 0 aliphatic heterocycles. The van der Waals surface area contributed by atoms with Crippen LogP contribution in [0.1, 0.15) is 13.8 Å². The van der Waals surface area contributed by atoms with E-state index in [1.807, 2.05) is 13.8 Å². The van der Waals surface area contributed by atoms with Crippen LogP contribution in [0.5, 0.6) is 0 Å². The number of benzene rings is 1. The lowest BCUT2D eigenvalue weighted by Crippen LogP contribution is -2.18. The minimum atomic E-state index is 0.199. The van der Waals surface area contributed by atoms with Gasteiger partial charge in [0.05, 0.1) is 15.7 Å². The topological polar surface area (TPSA) is 38.4 Å². The molecule has 0 spiro atoms. The van der Waals surface area contributed by atoms with E-state index in [1.54, 1.807) is 18.2 Å². The van der Waals surface area contributed by atoms with E-state index in [-0.39, 0.29) is 5.92 Å². The summed E-state index contributed by atoms with van der Waals surface area (Å²) in [5.74, 6) is 0.749. The van der Waals surface area contributed by atoms with Crippen molar-refractivity contribution in [2.75, 3.05) is 0 Å². The molecule has 0 bridgehead atoms. The van der Waals surface area contributed by atoms with E-state index in [2.05, 4.69) is 4.99 Å². The monoisotopic (exact) mass is 230 g/mol. The van der Waals surface area contributed by atoms with Crippen molar-refractivity contribution in [2.24, 2.45) is 16.6 Å². The van der Waals surface area contributed by atoms with Crippen LogP contribution in [0.15, 0.2) is 23.2 Å². The second kappa shape index (κ2) is 4.67. The molecule has 0 radical (unpaired) electrons. The summed E-state index contributed by atoms with van der Waals surface area (Å²) in [6.07, 6.45) is 0. The molecule has 1 aromatic carbocycles. The van der Waals surface area contributed by atoms with Crippen molar-refractivity contribution in [3.05, 3.63) is 28.2 Å². The molecule has 0 amide bonds. The molecule has 0 aliphatic carbocycles. The van der Waals surface area contributed by atoms with E-state index in [4.69, 9.17) is 28.9 Å². The number of nitrogens with zero attached hydrogens (tertiary/aromatic N) is 1. The molecule has 0 unspecified atom stereocenters. The number of halogens is 2. The quantitative estimate of drug-likeness (QED) is 0.612. The fourth-order valence-corrected chi connectivity index (χ4v) is 1.18. The number of aliphatic imine (C=N–C) groups is 1. The Kier molecular flexibility index (Phi) is 3.78. The van der Waals surface area contributed by atoms with Crippen molar-refractivity contribution >= 4 is 34.7 Å². The normalized spacial score (nSPS) is 12.2. The van der Waals surface area contributed by atoms with Crippen molar-refractivity contribution in [1.29, 1.82) is 0 Å². The summed E-state index contributed by atoms with van der Waals surface area (Å²) >= 11 is 11.8. The van der Waals surface area contributed by atoms with Crippen LogP contribution in [-0.4, -0.2) is 5.84 Å². The summed E-state index contributed by atoms with van der Waals surface area (Å²) in [6.45, 7) is 3.94. The summed E-state index contributed by atoms with van der Waals surface area (Å²) < 4.78 is 0. The summed E-state index contributed by atoms with van der Waals surface area (Å²) in [5.41, 5.74) is 6.33. The standard InChI is InChI=1S/C10H12Cl2N2/c1-6(2)10(13)14-8-5-3-4-7(11)9(8)12/h3-6H,1-2H3,(H2,13,14). The fourth-order valence-electron chi connectivity index (χ4n) is 0.847. The average molecular weight is 231 g/mol. The van der Waals surface area contributed by atoms with Gasteiger partial charge >= 0.3 is 0 Å². The predicted octanol–water partition coefficient (Wildman–Crippen LogP) is 3.64. The van der Waals surface area contributed by atoms with Gasteiger partial charge in [0.15, 0.2) is 0 Å². The first kappa shape index (κ1) is 11.3. The van der Waals surface area contributed by atoms with Crippen LogP contribution in [0.25, 0.3) is 0 Å². The lowest BCUT2D eigenvalue weighted by Gasteiger charge is -2.05. The average Bonchev–Trinajstić information content (AvgIpc) is 2.12. The molecule has 0 aliphatic rings. The van der Waals surface area contributed by atoms with Crippen LogP contribution in [0.4, 0.5) is 5.69 Å². The SMILES string of the molecule is CC(C)C(N)=Nc1cccc(Cl)c1Cl. The highest BCUT2D eigenvalue weighted by atomic mass is 35.5. The van der Waals surface area contributed by atoms with E-state index < -0.39 is 0 Å². The Labute approximate surface area is 93.7 Å². The lowest BCUT2D eigenvalue weighted by molar-refractivity contribution is 0.873. The second-order valence-corrected chi connectivity index (χ2v) is 4.05. The highest BCUT2D eigenvalue weighted by molar-refractivity contribution is 6.43. The van der Waals surface area contributed by atoms with Gasteiger partial charge in [-0.25, -0.2) is 4.99 Å². The Bertz CT molecular complexity index is 359. The number of hydrogen-bond donors (Lipinski definition) is 1. The molecule has 0 heterocycles. The Hall–Kier alpha value is -0.730. The molecule has 0 aromatic heterocycles. The molecular formula is C10H12Cl2N2. The number of hydrogen-bond acceptors (Lipinski definition) is 1. The Morgan fingerprint density at radius 2 is 2.00 bits per heavy atom. The third-order valence-corrected chi connectivity index (χ3v) is 2.58. The highest BCUT2D eigenvalue weighted by Gasteiger charge is 2.05. The first-order valence-corrected chi connectivity index (χ1v) is 5.06. The molecule has 2 N–H and O–H groups in total. The molecule has 0 fully saturated rings. The van der Waals surface area contributed by atoms with Gasteiger partial charge in [-0.05, 0) is 12.1 Å². The zero-order valence-electron chi connectivity index (χ0n) is 8.09. The molecular weight excluding hydrogens is 219 g/mol. The highest BCUT2D eigenvalue weighted by Crippen LogP contribution is 2.31. The largest absolute Gasteiger partial charge is 0.387 e. The molecule has 0 saturated heterocycles. The first-order valence-electron chi connectivity index (χ1n) is 4.30. The third kappa shape index (κ3) is 2.63. The fraction of sp³-hybridized carbons (Fsp3) is 0.300. The van der Waals surface area contributed by atoms with Gasteiger partial charge in [0.2, 0.25) is 0 Å². The Balaban J connectivity index is 3.09. The van der Waals surface area contributed by atoms with Gasteiger partial charge in [0.25, 0.3) is 0 Å². The zero-order valence-corrected chi connectivity index (χ0v) is 9.60. The van der Waals surface area contributed by atoms with E-state index in [0.717, 1.165) is 0 Å². The predicted molar refractivity (Wildman–Crippen MR) is 62.6 cm³/mol. The summed E-state index contributed by atoms with van der Waals surface area (Å²) in [4.78, 5) is 4.20. The van der Waals surface area contributed by atoms with Gasteiger partial charge < -0.3 is 5.73 Å². The lowest BCUT2D eigenvalue weighted by atomic mass is 10.2. The van der Waals surface area contributed by atoms with Crippen LogP contribution < -0.4 is 5.73 Å². The van der Waals surface area contributed by atoms with E-state index >= 15 is 0 Å². The van der Waals surface area contributed by atoms with Crippen LogP contribution in [-0.2, 0) is 0 Å². The van der Waals surface area contributed by atoms with Crippen LogP contribution in [0.3, 0.4) is 0 Å². The number of amidine groups is 1. The maximum Gasteiger partial charge on any atom is 0.102 e. The molecule has 1 rings (SSSR count). The van der Waals surface area contributed by atoms with Gasteiger partial charge in [-0.3, -0.25) is 0 Å². The van der Waals surface area contributed by atoms with Crippen molar-refractivity contribution < 1.29 is 0 Å². The summed E-state index contributed by atoms with van der Waals surface area (Å²) in [6, 6.07) is 5.29. The molecule has 1 aromatic rings. The summed E-state index contributed by atoms with van der Waals surface area (Å²) in [5, 5.41) is 0.933. The molecule has 14 heavy (non-hydrogen) atoms. The van der Waals surface area contributed by atoms with E-state index in [1.165, 1.54) is 0 Å². The molecule has 2 nitrogen and oxygen atoms in total. The second-order valence-electron chi connectivity index (χ2n) is 3.26. The maximum absolute atomic E-state index is 5.95. The van der Waals surface area contributed by atoms with Crippen molar-refractivity contribution in [3.8, 4) is 0 Å².